The van der Waals surface area contributed by atoms with Crippen LogP contribution in [0.2, 0.25) is 0 Å². The fourth-order valence-electron chi connectivity index (χ4n) is 2.79. The van der Waals surface area contributed by atoms with Gasteiger partial charge in [-0.15, -0.1) is 11.8 Å². The maximum atomic E-state index is 13.6. The van der Waals surface area contributed by atoms with Gasteiger partial charge in [-0.1, -0.05) is 24.3 Å². The van der Waals surface area contributed by atoms with Gasteiger partial charge in [-0.2, -0.15) is 0 Å². The molecule has 0 saturated carbocycles. The molecule has 23 heavy (non-hydrogen) atoms. The van der Waals surface area contributed by atoms with E-state index in [2.05, 4.69) is 9.80 Å². The molecule has 122 valence electrons. The molecule has 2 aromatic rings. The lowest BCUT2D eigenvalue weighted by molar-refractivity contribution is 0.272. The minimum Gasteiger partial charge on any atom is -0.506 e. The average Bonchev–Trinajstić information content (AvgIpc) is 2.58. The summed E-state index contributed by atoms with van der Waals surface area (Å²) in [4.78, 5) is 5.33. The van der Waals surface area contributed by atoms with E-state index in [1.54, 1.807) is 23.9 Å². The highest BCUT2D eigenvalue weighted by Crippen LogP contribution is 2.27. The second kappa shape index (κ2) is 7.70. The molecule has 3 nitrogen and oxygen atoms in total. The predicted octanol–water partition coefficient (Wildman–Crippen LogP) is 3.45. The van der Waals surface area contributed by atoms with Gasteiger partial charge in [0, 0.05) is 43.4 Å². The predicted molar refractivity (Wildman–Crippen MR) is 93.9 cm³/mol. The molecule has 0 bridgehead atoms. The number of aromatic hydroxyl groups is 1. The van der Waals surface area contributed by atoms with Gasteiger partial charge in [0.05, 0.1) is 5.69 Å². The van der Waals surface area contributed by atoms with E-state index in [0.29, 0.717) is 5.75 Å². The Labute approximate surface area is 140 Å². The van der Waals surface area contributed by atoms with E-state index in [4.69, 9.17) is 0 Å². The smallest absolute Gasteiger partial charge is 0.138 e. The van der Waals surface area contributed by atoms with Crippen molar-refractivity contribution < 1.29 is 9.50 Å². The molecule has 1 aliphatic heterocycles. The molecule has 1 aliphatic rings. The fraction of sp³-hybridized carbons (Fsp3) is 0.333. The maximum Gasteiger partial charge on any atom is 0.138 e. The van der Waals surface area contributed by atoms with Crippen molar-refractivity contribution in [2.24, 2.45) is 0 Å². The van der Waals surface area contributed by atoms with Crippen molar-refractivity contribution in [1.29, 1.82) is 0 Å². The topological polar surface area (TPSA) is 26.7 Å². The molecule has 1 saturated heterocycles. The molecule has 5 heteroatoms. The standard InChI is InChI=1S/C18H21FN2OS/c19-15-5-1-4-8-18(15)23-14-13-20-9-11-21(12-10-20)16-6-2-3-7-17(16)22/h1-8,22H,9-14H2. The molecule has 0 unspecified atom stereocenters. The van der Waals surface area contributed by atoms with E-state index >= 15 is 0 Å². The summed E-state index contributed by atoms with van der Waals surface area (Å²) < 4.78 is 13.6. The molecule has 3 rings (SSSR count). The lowest BCUT2D eigenvalue weighted by atomic mass is 10.2. The van der Waals surface area contributed by atoms with E-state index in [1.165, 1.54) is 6.07 Å². The van der Waals surface area contributed by atoms with Crippen LogP contribution >= 0.6 is 11.8 Å². The highest BCUT2D eigenvalue weighted by molar-refractivity contribution is 7.99. The number of hydrogen-bond acceptors (Lipinski definition) is 4. The molecule has 0 amide bonds. The van der Waals surface area contributed by atoms with Gasteiger partial charge < -0.3 is 10.0 Å². The average molecular weight is 332 g/mol. The monoisotopic (exact) mass is 332 g/mol. The second-order valence-electron chi connectivity index (χ2n) is 5.60. The number of anilines is 1. The number of piperazine rings is 1. The Morgan fingerprint density at radius 1 is 0.957 bits per heavy atom. The van der Waals surface area contributed by atoms with Crippen LogP contribution in [0.3, 0.4) is 0 Å². The van der Waals surface area contributed by atoms with Crippen LogP contribution in [0.1, 0.15) is 0 Å². The number of nitrogens with zero attached hydrogens (tertiary/aromatic N) is 2. The van der Waals surface area contributed by atoms with Crippen molar-refractivity contribution in [3.8, 4) is 5.75 Å². The largest absolute Gasteiger partial charge is 0.506 e. The highest BCUT2D eigenvalue weighted by atomic mass is 32.2. The molecule has 0 aromatic heterocycles. The number of benzene rings is 2. The number of phenolic OH excluding ortho intramolecular Hbond substituents is 1. The minimum atomic E-state index is -0.137. The van der Waals surface area contributed by atoms with Crippen LogP contribution < -0.4 is 4.90 Å². The third kappa shape index (κ3) is 4.18. The number of hydrogen-bond donors (Lipinski definition) is 1. The zero-order chi connectivity index (χ0) is 16.1. The lowest BCUT2D eigenvalue weighted by Crippen LogP contribution is -2.47. The van der Waals surface area contributed by atoms with Gasteiger partial charge in [0.15, 0.2) is 0 Å². The first-order valence-electron chi connectivity index (χ1n) is 7.86. The summed E-state index contributed by atoms with van der Waals surface area (Å²) >= 11 is 1.57. The fourth-order valence-corrected chi connectivity index (χ4v) is 3.74. The molecule has 0 spiro atoms. The Morgan fingerprint density at radius 3 is 2.39 bits per heavy atom. The first kappa shape index (κ1) is 16.1. The van der Waals surface area contributed by atoms with Crippen LogP contribution in [0.4, 0.5) is 10.1 Å². The SMILES string of the molecule is Oc1ccccc1N1CCN(CCSc2ccccc2F)CC1. The van der Waals surface area contributed by atoms with Crippen LogP contribution in [0.15, 0.2) is 53.4 Å². The molecule has 1 fully saturated rings. The van der Waals surface area contributed by atoms with Crippen molar-refractivity contribution in [3.05, 3.63) is 54.3 Å². The van der Waals surface area contributed by atoms with Crippen molar-refractivity contribution in [2.45, 2.75) is 4.90 Å². The van der Waals surface area contributed by atoms with Crippen molar-refractivity contribution in [3.63, 3.8) is 0 Å². The van der Waals surface area contributed by atoms with Gasteiger partial charge >= 0.3 is 0 Å². The number of rotatable bonds is 5. The summed E-state index contributed by atoms with van der Waals surface area (Å²) in [6, 6.07) is 14.4. The van der Waals surface area contributed by atoms with Crippen LogP contribution in [0.5, 0.6) is 5.75 Å². The number of para-hydroxylation sites is 2. The van der Waals surface area contributed by atoms with Gasteiger partial charge in [-0.05, 0) is 24.3 Å². The van der Waals surface area contributed by atoms with Crippen molar-refractivity contribution >= 4 is 17.4 Å². The molecule has 1 N–H and O–H groups in total. The van der Waals surface area contributed by atoms with Gasteiger partial charge in [0.25, 0.3) is 0 Å². The van der Waals surface area contributed by atoms with Crippen molar-refractivity contribution in [1.82, 2.24) is 4.90 Å². The van der Waals surface area contributed by atoms with Gasteiger partial charge in [0.2, 0.25) is 0 Å². The third-order valence-corrected chi connectivity index (χ3v) is 5.13. The first-order valence-corrected chi connectivity index (χ1v) is 8.85. The van der Waals surface area contributed by atoms with Gasteiger partial charge in [0.1, 0.15) is 11.6 Å². The van der Waals surface area contributed by atoms with E-state index in [-0.39, 0.29) is 5.82 Å². The van der Waals surface area contributed by atoms with Crippen LogP contribution in [0.25, 0.3) is 0 Å². The summed E-state index contributed by atoms with van der Waals surface area (Å²) in [5.41, 5.74) is 0.910. The summed E-state index contributed by atoms with van der Waals surface area (Å²) in [5, 5.41) is 9.93. The normalized spacial score (nSPS) is 15.8. The van der Waals surface area contributed by atoms with Crippen molar-refractivity contribution in [2.75, 3.05) is 43.4 Å². The highest BCUT2D eigenvalue weighted by Gasteiger charge is 2.18. The minimum absolute atomic E-state index is 0.137. The number of thioether (sulfide) groups is 1. The second-order valence-corrected chi connectivity index (χ2v) is 6.73. The quantitative estimate of drug-likeness (QED) is 0.849. The van der Waals surface area contributed by atoms with E-state index in [1.807, 2.05) is 30.3 Å². The Hall–Kier alpha value is -1.72. The van der Waals surface area contributed by atoms with E-state index in [9.17, 15) is 9.50 Å². The van der Waals surface area contributed by atoms with E-state index in [0.717, 1.165) is 49.1 Å². The van der Waals surface area contributed by atoms with Crippen LogP contribution in [-0.4, -0.2) is 48.5 Å². The Balaban J connectivity index is 1.45. The summed E-state index contributed by atoms with van der Waals surface area (Å²) in [6.07, 6.45) is 0. The van der Waals surface area contributed by atoms with Gasteiger partial charge in [-0.25, -0.2) is 4.39 Å². The van der Waals surface area contributed by atoms with Crippen LogP contribution in [0, 0.1) is 5.82 Å². The number of phenols is 1. The molecule has 0 atom stereocenters. The zero-order valence-electron chi connectivity index (χ0n) is 13.0. The molecule has 2 aromatic carbocycles. The third-order valence-electron chi connectivity index (χ3n) is 4.10. The summed E-state index contributed by atoms with van der Waals surface area (Å²) in [6.45, 7) is 4.69. The van der Waals surface area contributed by atoms with E-state index < -0.39 is 0 Å². The molecular formula is C18H21FN2OS. The zero-order valence-corrected chi connectivity index (χ0v) is 13.8. The van der Waals surface area contributed by atoms with Crippen LogP contribution in [-0.2, 0) is 0 Å². The Morgan fingerprint density at radius 2 is 1.65 bits per heavy atom. The first-order chi connectivity index (χ1) is 11.2. The Bertz CT molecular complexity index is 642. The van der Waals surface area contributed by atoms with Gasteiger partial charge in [-0.3, -0.25) is 4.90 Å². The maximum absolute atomic E-state index is 13.6. The number of halogens is 1. The summed E-state index contributed by atoms with van der Waals surface area (Å²) in [7, 11) is 0. The molecule has 0 aliphatic carbocycles. The molecule has 0 radical (unpaired) electrons. The molecular weight excluding hydrogens is 311 g/mol. The Kier molecular flexibility index (Phi) is 5.41. The summed E-state index contributed by atoms with van der Waals surface area (Å²) in [5.74, 6) is 1.09. The molecule has 1 heterocycles. The lowest BCUT2D eigenvalue weighted by Gasteiger charge is -2.36.